The number of carbonyl (C=O) groups excluding carboxylic acids is 1. The zero-order valence-corrected chi connectivity index (χ0v) is 11.6. The number of carbonyl (C=O) groups is 1. The summed E-state index contributed by atoms with van der Waals surface area (Å²) in [6.07, 6.45) is -1.51. The van der Waals surface area contributed by atoms with Gasteiger partial charge in [-0.25, -0.2) is 4.39 Å². The fourth-order valence-corrected chi connectivity index (χ4v) is 2.02. The second-order valence-electron chi connectivity index (χ2n) is 4.68. The third-order valence-electron chi connectivity index (χ3n) is 3.09. The van der Waals surface area contributed by atoms with Crippen molar-refractivity contribution in [1.82, 2.24) is 0 Å². The normalized spacial score (nSPS) is 12.3. The number of aryl methyl sites for hydroxylation is 1. The van der Waals surface area contributed by atoms with Crippen molar-refractivity contribution in [3.8, 4) is 5.75 Å². The first kappa shape index (κ1) is 16.0. The van der Waals surface area contributed by atoms with E-state index in [1.807, 2.05) is 0 Å². The van der Waals surface area contributed by atoms with Crippen LogP contribution in [0.3, 0.4) is 0 Å². The molecule has 116 valence electrons. The molecule has 3 nitrogen and oxygen atoms in total. The van der Waals surface area contributed by atoms with Gasteiger partial charge in [-0.1, -0.05) is 18.2 Å². The van der Waals surface area contributed by atoms with E-state index in [1.165, 1.54) is 43.3 Å². The molecule has 6 heteroatoms. The van der Waals surface area contributed by atoms with E-state index >= 15 is 0 Å². The molecule has 0 saturated carbocycles. The second kappa shape index (κ2) is 6.62. The molecule has 0 amide bonds. The molecule has 0 aromatic heterocycles. The molecule has 0 bridgehead atoms. The van der Waals surface area contributed by atoms with Crippen LogP contribution in [0.2, 0.25) is 0 Å². The number of hydrogen-bond donors (Lipinski definition) is 1. The highest BCUT2D eigenvalue weighted by Crippen LogP contribution is 2.26. The summed E-state index contributed by atoms with van der Waals surface area (Å²) in [7, 11) is 0. The molecule has 0 radical (unpaired) electrons. The minimum absolute atomic E-state index is 0.0260. The van der Waals surface area contributed by atoms with Crippen molar-refractivity contribution < 1.29 is 27.8 Å². The third kappa shape index (κ3) is 3.65. The van der Waals surface area contributed by atoms with Gasteiger partial charge in [0.25, 0.3) is 0 Å². The highest BCUT2D eigenvalue weighted by Gasteiger charge is 2.20. The maximum atomic E-state index is 13.1. The summed E-state index contributed by atoms with van der Waals surface area (Å²) in [6.45, 7) is -1.44. The van der Waals surface area contributed by atoms with E-state index in [9.17, 15) is 23.1 Å². The van der Waals surface area contributed by atoms with E-state index in [2.05, 4.69) is 4.74 Å². The number of halogens is 3. The Morgan fingerprint density at radius 2 is 1.91 bits per heavy atom. The largest absolute Gasteiger partial charge is 0.435 e. The van der Waals surface area contributed by atoms with Crippen molar-refractivity contribution in [1.29, 1.82) is 0 Å². The van der Waals surface area contributed by atoms with Crippen molar-refractivity contribution in [2.45, 2.75) is 19.6 Å². The molecule has 0 fully saturated rings. The molecular weight excluding hydrogens is 297 g/mol. The molecular formula is C16H13F3O3. The number of aliphatic hydroxyl groups is 1. The van der Waals surface area contributed by atoms with E-state index in [0.717, 1.165) is 6.07 Å². The first-order valence-corrected chi connectivity index (χ1v) is 6.41. The standard InChI is InChI=1S/C16H13F3O3/c1-9-7-11(5-6-13(9)22-16(18)19)15(21)14(20)10-3-2-4-12(17)8-10/h2-8,15-16,21H,1H3. The average molecular weight is 310 g/mol. The number of ketones is 1. The highest BCUT2D eigenvalue weighted by molar-refractivity contribution is 5.99. The Kier molecular flexibility index (Phi) is 4.82. The van der Waals surface area contributed by atoms with Crippen LogP contribution in [0.1, 0.15) is 27.6 Å². The van der Waals surface area contributed by atoms with Gasteiger partial charge in [-0.05, 0) is 42.3 Å². The number of Topliss-reactive ketones (excluding diaryl/α,β-unsaturated/α-hetero) is 1. The van der Waals surface area contributed by atoms with Gasteiger partial charge >= 0.3 is 6.61 Å². The minimum Gasteiger partial charge on any atom is -0.435 e. The average Bonchev–Trinajstić information content (AvgIpc) is 2.47. The number of alkyl halides is 2. The van der Waals surface area contributed by atoms with Gasteiger partial charge in [-0.15, -0.1) is 0 Å². The molecule has 0 aliphatic heterocycles. The van der Waals surface area contributed by atoms with Crippen LogP contribution < -0.4 is 4.74 Å². The van der Waals surface area contributed by atoms with Gasteiger partial charge in [0.05, 0.1) is 0 Å². The Morgan fingerprint density at radius 1 is 1.18 bits per heavy atom. The quantitative estimate of drug-likeness (QED) is 0.858. The fraction of sp³-hybridized carbons (Fsp3) is 0.188. The van der Waals surface area contributed by atoms with Crippen LogP contribution in [0.5, 0.6) is 5.75 Å². The molecule has 1 atom stereocenters. The topological polar surface area (TPSA) is 46.5 Å². The van der Waals surface area contributed by atoms with E-state index in [-0.39, 0.29) is 16.9 Å². The van der Waals surface area contributed by atoms with Gasteiger partial charge in [0, 0.05) is 5.56 Å². The maximum absolute atomic E-state index is 13.1. The summed E-state index contributed by atoms with van der Waals surface area (Å²) < 4.78 is 41.8. The molecule has 0 spiro atoms. The summed E-state index contributed by atoms with van der Waals surface area (Å²) in [5.74, 6) is -1.31. The number of hydrogen-bond acceptors (Lipinski definition) is 3. The second-order valence-corrected chi connectivity index (χ2v) is 4.68. The van der Waals surface area contributed by atoms with Gasteiger partial charge < -0.3 is 9.84 Å². The third-order valence-corrected chi connectivity index (χ3v) is 3.09. The van der Waals surface area contributed by atoms with Crippen molar-refractivity contribution in [3.05, 3.63) is 65.0 Å². The van der Waals surface area contributed by atoms with Gasteiger partial charge in [0.15, 0.2) is 5.78 Å². The van der Waals surface area contributed by atoms with E-state index < -0.39 is 24.3 Å². The zero-order valence-electron chi connectivity index (χ0n) is 11.6. The number of ether oxygens (including phenoxy) is 1. The lowest BCUT2D eigenvalue weighted by Gasteiger charge is -2.13. The van der Waals surface area contributed by atoms with Crippen molar-refractivity contribution in [2.75, 3.05) is 0 Å². The molecule has 0 heterocycles. The monoisotopic (exact) mass is 310 g/mol. The molecule has 22 heavy (non-hydrogen) atoms. The zero-order chi connectivity index (χ0) is 16.3. The Labute approximate surface area is 125 Å². The predicted molar refractivity (Wildman–Crippen MR) is 73.5 cm³/mol. The molecule has 0 saturated heterocycles. The lowest BCUT2D eigenvalue weighted by molar-refractivity contribution is -0.0503. The number of rotatable bonds is 5. The molecule has 1 N–H and O–H groups in total. The summed E-state index contributed by atoms with van der Waals surface area (Å²) in [4.78, 5) is 12.1. The van der Waals surface area contributed by atoms with Crippen LogP contribution in [-0.2, 0) is 0 Å². The van der Waals surface area contributed by atoms with E-state index in [4.69, 9.17) is 0 Å². The van der Waals surface area contributed by atoms with Crippen molar-refractivity contribution in [3.63, 3.8) is 0 Å². The molecule has 1 unspecified atom stereocenters. The summed E-state index contributed by atoms with van der Waals surface area (Å²) in [6, 6.07) is 8.89. The molecule has 2 aromatic carbocycles. The first-order valence-electron chi connectivity index (χ1n) is 6.41. The van der Waals surface area contributed by atoms with Crippen LogP contribution in [0.25, 0.3) is 0 Å². The van der Waals surface area contributed by atoms with Gasteiger partial charge in [0.1, 0.15) is 17.7 Å². The molecule has 2 rings (SSSR count). The Hall–Kier alpha value is -2.34. The Morgan fingerprint density at radius 3 is 2.50 bits per heavy atom. The van der Waals surface area contributed by atoms with Crippen molar-refractivity contribution in [2.24, 2.45) is 0 Å². The van der Waals surface area contributed by atoms with E-state index in [1.54, 1.807) is 0 Å². The summed E-state index contributed by atoms with van der Waals surface area (Å²) in [5.41, 5.74) is 0.593. The maximum Gasteiger partial charge on any atom is 0.387 e. The van der Waals surface area contributed by atoms with Gasteiger partial charge in [-0.2, -0.15) is 8.78 Å². The van der Waals surface area contributed by atoms with Crippen LogP contribution in [-0.4, -0.2) is 17.5 Å². The highest BCUT2D eigenvalue weighted by atomic mass is 19.3. The summed E-state index contributed by atoms with van der Waals surface area (Å²) >= 11 is 0. The molecule has 2 aromatic rings. The fourth-order valence-electron chi connectivity index (χ4n) is 2.02. The first-order chi connectivity index (χ1) is 10.4. The van der Waals surface area contributed by atoms with Crippen LogP contribution in [0, 0.1) is 12.7 Å². The van der Waals surface area contributed by atoms with Crippen LogP contribution in [0.4, 0.5) is 13.2 Å². The van der Waals surface area contributed by atoms with Crippen molar-refractivity contribution >= 4 is 5.78 Å². The number of benzene rings is 2. The number of aliphatic hydroxyl groups excluding tert-OH is 1. The van der Waals surface area contributed by atoms with Gasteiger partial charge in [-0.3, -0.25) is 4.79 Å². The van der Waals surface area contributed by atoms with Crippen LogP contribution in [0.15, 0.2) is 42.5 Å². The Balaban J connectivity index is 2.24. The van der Waals surface area contributed by atoms with E-state index in [0.29, 0.717) is 5.56 Å². The smallest absolute Gasteiger partial charge is 0.387 e. The van der Waals surface area contributed by atoms with Gasteiger partial charge in [0.2, 0.25) is 0 Å². The lowest BCUT2D eigenvalue weighted by atomic mass is 9.98. The minimum atomic E-state index is -2.96. The summed E-state index contributed by atoms with van der Waals surface area (Å²) in [5, 5.41) is 10.1. The predicted octanol–water partition coefficient (Wildman–Crippen LogP) is 3.65. The SMILES string of the molecule is Cc1cc(C(O)C(=O)c2cccc(F)c2)ccc1OC(F)F. The van der Waals surface area contributed by atoms with Crippen LogP contribution >= 0.6 is 0 Å². The molecule has 0 aliphatic carbocycles. The molecule has 0 aliphatic rings. The lowest BCUT2D eigenvalue weighted by Crippen LogP contribution is -2.13. The Bertz CT molecular complexity index is 686.